The predicted molar refractivity (Wildman–Crippen MR) is 96.1 cm³/mol. The molecule has 1 saturated heterocycles. The van der Waals surface area contributed by atoms with Gasteiger partial charge in [-0.25, -0.2) is 13.6 Å². The third-order valence-electron chi connectivity index (χ3n) is 6.26. The highest BCUT2D eigenvalue weighted by Crippen LogP contribution is 2.51. The maximum Gasteiger partial charge on any atom is 0.357 e. The lowest BCUT2D eigenvalue weighted by atomic mass is 9.75. The minimum Gasteiger partial charge on any atom is -0.476 e. The van der Waals surface area contributed by atoms with Crippen LogP contribution in [0.3, 0.4) is 0 Å². The summed E-state index contributed by atoms with van der Waals surface area (Å²) in [6, 6.07) is 0. The molecule has 1 N–H and O–H groups in total. The largest absolute Gasteiger partial charge is 0.476 e. The van der Waals surface area contributed by atoms with E-state index in [1.54, 1.807) is 6.92 Å². The number of allylic oxidation sites excluding steroid dienone is 1. The molecule has 1 aliphatic carbocycles. The van der Waals surface area contributed by atoms with Gasteiger partial charge in [0.15, 0.2) is 5.69 Å². The molecule has 2 atom stereocenters. The van der Waals surface area contributed by atoms with Crippen LogP contribution in [0.25, 0.3) is 5.57 Å². The third-order valence-corrected chi connectivity index (χ3v) is 6.26. The predicted octanol–water partition coefficient (Wildman–Crippen LogP) is 4.48. The van der Waals surface area contributed by atoms with Crippen molar-refractivity contribution in [3.8, 4) is 0 Å². The van der Waals surface area contributed by atoms with Crippen LogP contribution in [0.15, 0.2) is 6.08 Å². The van der Waals surface area contributed by atoms with Crippen molar-refractivity contribution < 1.29 is 23.4 Å². The summed E-state index contributed by atoms with van der Waals surface area (Å²) in [6.45, 7) is 6.24. The summed E-state index contributed by atoms with van der Waals surface area (Å²) in [5.74, 6) is -5.05. The lowest BCUT2D eigenvalue weighted by Gasteiger charge is -2.33. The van der Waals surface area contributed by atoms with E-state index in [1.807, 2.05) is 6.08 Å². The molecule has 0 radical (unpaired) electrons. The van der Waals surface area contributed by atoms with Crippen LogP contribution < -0.4 is 0 Å². The van der Waals surface area contributed by atoms with Gasteiger partial charge in [-0.3, -0.25) is 4.68 Å². The van der Waals surface area contributed by atoms with E-state index in [0.717, 1.165) is 18.4 Å². The first-order valence-corrected chi connectivity index (χ1v) is 9.63. The Labute approximate surface area is 157 Å². The molecule has 1 fully saturated rings. The lowest BCUT2D eigenvalue weighted by molar-refractivity contribution is -0.0261. The van der Waals surface area contributed by atoms with E-state index in [-0.39, 0.29) is 23.1 Å². The van der Waals surface area contributed by atoms with Crippen molar-refractivity contribution in [3.05, 3.63) is 23.0 Å². The van der Waals surface area contributed by atoms with Gasteiger partial charge in [-0.2, -0.15) is 5.10 Å². The molecule has 1 spiro atoms. The average molecular weight is 380 g/mol. The maximum absolute atomic E-state index is 14.4. The van der Waals surface area contributed by atoms with Gasteiger partial charge >= 0.3 is 5.97 Å². The quantitative estimate of drug-likeness (QED) is 0.840. The number of fused-ring (bicyclic) bond motifs is 1. The minimum atomic E-state index is -2.89. The number of alkyl halides is 2. The SMILES string of the molecule is CCC1c2c(C3=CCC4(CC3)CC(C)(C)CO4)c(C(=O)O)nn2CC1(F)F. The Hall–Kier alpha value is -1.76. The third kappa shape index (κ3) is 2.91. The van der Waals surface area contributed by atoms with Crippen LogP contribution in [-0.4, -0.2) is 39.0 Å². The van der Waals surface area contributed by atoms with Crippen LogP contribution in [0.5, 0.6) is 0 Å². The molecule has 0 saturated carbocycles. The number of aromatic nitrogens is 2. The van der Waals surface area contributed by atoms with E-state index in [9.17, 15) is 18.7 Å². The van der Waals surface area contributed by atoms with E-state index in [2.05, 4.69) is 18.9 Å². The normalized spacial score (nSPS) is 31.1. The van der Waals surface area contributed by atoms with Gasteiger partial charge in [-0.05, 0) is 43.1 Å². The van der Waals surface area contributed by atoms with Gasteiger partial charge in [0.1, 0.15) is 6.54 Å². The lowest BCUT2D eigenvalue weighted by Crippen LogP contribution is -2.30. The Morgan fingerprint density at radius 1 is 1.44 bits per heavy atom. The molecule has 5 nitrogen and oxygen atoms in total. The zero-order valence-electron chi connectivity index (χ0n) is 16.0. The first kappa shape index (κ1) is 18.6. The molecule has 148 valence electrons. The number of hydrogen-bond donors (Lipinski definition) is 1. The van der Waals surface area contributed by atoms with E-state index >= 15 is 0 Å². The monoisotopic (exact) mass is 380 g/mol. The summed E-state index contributed by atoms with van der Waals surface area (Å²) >= 11 is 0. The van der Waals surface area contributed by atoms with Crippen LogP contribution in [0.4, 0.5) is 8.78 Å². The zero-order chi connectivity index (χ0) is 19.6. The summed E-state index contributed by atoms with van der Waals surface area (Å²) in [7, 11) is 0. The van der Waals surface area contributed by atoms with Crippen molar-refractivity contribution in [2.45, 2.75) is 76.9 Å². The second kappa shape index (κ2) is 5.87. The molecule has 1 aromatic rings. The van der Waals surface area contributed by atoms with Gasteiger partial charge in [0.2, 0.25) is 0 Å². The number of carboxylic acid groups (broad SMARTS) is 1. The highest BCUT2D eigenvalue weighted by molar-refractivity contribution is 5.93. The van der Waals surface area contributed by atoms with Crippen LogP contribution >= 0.6 is 0 Å². The molecule has 3 aliphatic rings. The number of aromatic carboxylic acids is 1. The van der Waals surface area contributed by atoms with Crippen molar-refractivity contribution in [1.29, 1.82) is 0 Å². The molecule has 7 heteroatoms. The van der Waals surface area contributed by atoms with Crippen LogP contribution in [0, 0.1) is 5.41 Å². The molecular weight excluding hydrogens is 354 g/mol. The van der Waals surface area contributed by atoms with E-state index < -0.39 is 24.4 Å². The molecule has 0 aromatic carbocycles. The summed E-state index contributed by atoms with van der Waals surface area (Å²) in [6.07, 6.45) is 5.29. The summed E-state index contributed by atoms with van der Waals surface area (Å²) in [4.78, 5) is 11.7. The molecule has 2 unspecified atom stereocenters. The van der Waals surface area contributed by atoms with Gasteiger partial charge in [-0.15, -0.1) is 0 Å². The standard InChI is InChI=1S/C20H26F2N2O3/c1-4-13-16-14(15(17(25)26)23-24(16)10-20(13,21)22)12-5-7-19(8-6-12)9-18(2,3)11-27-19/h5,13H,4,6-11H2,1-3H3,(H,25,26). The molecule has 0 bridgehead atoms. The van der Waals surface area contributed by atoms with Gasteiger partial charge in [-0.1, -0.05) is 26.8 Å². The fourth-order valence-electron chi connectivity index (χ4n) is 5.13. The number of hydrogen-bond acceptors (Lipinski definition) is 3. The van der Waals surface area contributed by atoms with Gasteiger partial charge in [0.05, 0.1) is 23.8 Å². The number of rotatable bonds is 3. The van der Waals surface area contributed by atoms with E-state index in [1.165, 1.54) is 4.68 Å². The Morgan fingerprint density at radius 3 is 2.70 bits per heavy atom. The fraction of sp³-hybridized carbons (Fsp3) is 0.700. The number of ether oxygens (including phenoxy) is 1. The van der Waals surface area contributed by atoms with Gasteiger partial charge < -0.3 is 9.84 Å². The van der Waals surface area contributed by atoms with Gasteiger partial charge in [0.25, 0.3) is 5.92 Å². The van der Waals surface area contributed by atoms with Crippen LogP contribution in [0.2, 0.25) is 0 Å². The maximum atomic E-state index is 14.4. The highest BCUT2D eigenvalue weighted by Gasteiger charge is 2.51. The molecule has 1 aromatic heterocycles. The smallest absolute Gasteiger partial charge is 0.357 e. The Morgan fingerprint density at radius 2 is 2.19 bits per heavy atom. The second-order valence-electron chi connectivity index (χ2n) is 9.04. The van der Waals surface area contributed by atoms with E-state index in [0.29, 0.717) is 30.7 Å². The molecule has 4 rings (SSSR count). The molecule has 27 heavy (non-hydrogen) atoms. The zero-order valence-corrected chi connectivity index (χ0v) is 16.0. The highest BCUT2D eigenvalue weighted by atomic mass is 19.3. The molecular formula is C20H26F2N2O3. The van der Waals surface area contributed by atoms with Crippen LogP contribution in [0.1, 0.15) is 80.5 Å². The number of nitrogens with zero attached hydrogens (tertiary/aromatic N) is 2. The van der Waals surface area contributed by atoms with E-state index in [4.69, 9.17) is 4.74 Å². The topological polar surface area (TPSA) is 64.3 Å². The average Bonchev–Trinajstić information content (AvgIpc) is 3.15. The fourth-order valence-corrected chi connectivity index (χ4v) is 5.13. The first-order chi connectivity index (χ1) is 12.6. The van der Waals surface area contributed by atoms with Crippen molar-refractivity contribution in [1.82, 2.24) is 9.78 Å². The van der Waals surface area contributed by atoms with Crippen LogP contribution in [-0.2, 0) is 11.3 Å². The summed E-state index contributed by atoms with van der Waals surface area (Å²) in [5.41, 5.74) is 1.44. The summed E-state index contributed by atoms with van der Waals surface area (Å²) in [5, 5.41) is 13.6. The molecule has 0 amide bonds. The number of carboxylic acids is 1. The number of halogens is 2. The van der Waals surface area contributed by atoms with Crippen molar-refractivity contribution >= 4 is 11.5 Å². The van der Waals surface area contributed by atoms with Crippen molar-refractivity contribution in [3.63, 3.8) is 0 Å². The molecule has 3 heterocycles. The Balaban J connectivity index is 1.73. The summed E-state index contributed by atoms with van der Waals surface area (Å²) < 4.78 is 36.1. The Bertz CT molecular complexity index is 827. The van der Waals surface area contributed by atoms with Crippen molar-refractivity contribution in [2.24, 2.45) is 5.41 Å². The number of carbonyl (C=O) groups is 1. The Kier molecular flexibility index (Phi) is 4.04. The first-order valence-electron chi connectivity index (χ1n) is 9.63. The van der Waals surface area contributed by atoms with Crippen molar-refractivity contribution in [2.75, 3.05) is 6.61 Å². The van der Waals surface area contributed by atoms with Gasteiger partial charge in [0, 0.05) is 5.56 Å². The minimum absolute atomic E-state index is 0.103. The molecule has 2 aliphatic heterocycles. The second-order valence-corrected chi connectivity index (χ2v) is 9.04.